The Bertz CT molecular complexity index is 1120. The second-order valence-corrected chi connectivity index (χ2v) is 10.1. The van der Waals surface area contributed by atoms with Crippen LogP contribution in [-0.4, -0.2) is 57.6 Å². The summed E-state index contributed by atoms with van der Waals surface area (Å²) in [5, 5.41) is 2.78. The average Bonchev–Trinajstić information content (AvgIpc) is 2.78. The van der Waals surface area contributed by atoms with Crippen molar-refractivity contribution in [2.75, 3.05) is 30.8 Å². The molecular weight excluding hydrogens is 454 g/mol. The quantitative estimate of drug-likeness (QED) is 0.523. The molecular formula is C25H35N3O5S. The molecule has 0 radical (unpaired) electrons. The van der Waals surface area contributed by atoms with Gasteiger partial charge in [-0.1, -0.05) is 25.1 Å². The normalized spacial score (nSPS) is 12.1. The molecule has 1 atom stereocenters. The van der Waals surface area contributed by atoms with Crippen LogP contribution >= 0.6 is 0 Å². The Balaban J connectivity index is 2.46. The second-order valence-electron chi connectivity index (χ2n) is 8.23. The fourth-order valence-electron chi connectivity index (χ4n) is 3.67. The smallest absolute Gasteiger partial charge is 0.244 e. The maximum atomic E-state index is 13.6. The predicted octanol–water partition coefficient (Wildman–Crippen LogP) is 3.02. The summed E-state index contributed by atoms with van der Waals surface area (Å²) in [6.45, 7) is 7.60. The Kier molecular flexibility index (Phi) is 9.49. The van der Waals surface area contributed by atoms with E-state index >= 15 is 0 Å². The Labute approximate surface area is 202 Å². The Hall–Kier alpha value is -3.07. The second kappa shape index (κ2) is 11.9. The van der Waals surface area contributed by atoms with Crippen molar-refractivity contribution in [2.24, 2.45) is 0 Å². The SMILES string of the molecule is CCNC(=O)C(CC)N(Cc1cccc(OC)c1)C(=O)CN(c1ccc(C)c(C)c1)S(C)(=O)=O. The van der Waals surface area contributed by atoms with E-state index in [0.717, 1.165) is 27.3 Å². The first-order valence-electron chi connectivity index (χ1n) is 11.3. The minimum absolute atomic E-state index is 0.135. The number of carbonyl (C=O) groups excluding carboxylic acids is 2. The van der Waals surface area contributed by atoms with E-state index < -0.39 is 28.5 Å². The zero-order valence-corrected chi connectivity index (χ0v) is 21.6. The van der Waals surface area contributed by atoms with E-state index in [2.05, 4.69) is 5.32 Å². The van der Waals surface area contributed by atoms with Crippen LogP contribution in [0.15, 0.2) is 42.5 Å². The number of carbonyl (C=O) groups is 2. The third-order valence-electron chi connectivity index (χ3n) is 5.68. The fourth-order valence-corrected chi connectivity index (χ4v) is 4.51. The standard InChI is InChI=1S/C25H35N3O5S/c1-7-23(25(30)26-8-2)27(16-20-10-9-11-22(15-20)33-5)24(29)17-28(34(6,31)32)21-13-12-18(3)19(4)14-21/h9-15,23H,7-8,16-17H2,1-6H3,(H,26,30). The number of sulfonamides is 1. The lowest BCUT2D eigenvalue weighted by Crippen LogP contribution is -2.52. The van der Waals surface area contributed by atoms with Crippen LogP contribution in [-0.2, 0) is 26.2 Å². The summed E-state index contributed by atoms with van der Waals surface area (Å²) in [7, 11) is -2.20. The van der Waals surface area contributed by atoms with Gasteiger partial charge in [-0.2, -0.15) is 0 Å². The lowest BCUT2D eigenvalue weighted by Gasteiger charge is -2.33. The number of ether oxygens (including phenoxy) is 1. The number of methoxy groups -OCH3 is 1. The van der Waals surface area contributed by atoms with E-state index in [1.165, 1.54) is 4.90 Å². The van der Waals surface area contributed by atoms with Gasteiger partial charge in [-0.15, -0.1) is 0 Å². The predicted molar refractivity (Wildman–Crippen MR) is 134 cm³/mol. The number of amides is 2. The van der Waals surface area contributed by atoms with Gasteiger partial charge in [-0.3, -0.25) is 13.9 Å². The van der Waals surface area contributed by atoms with E-state index in [1.807, 2.05) is 45.9 Å². The largest absolute Gasteiger partial charge is 0.497 e. The summed E-state index contributed by atoms with van der Waals surface area (Å²) in [6.07, 6.45) is 1.45. The summed E-state index contributed by atoms with van der Waals surface area (Å²) >= 11 is 0. The molecule has 0 saturated heterocycles. The van der Waals surface area contributed by atoms with Crippen molar-refractivity contribution < 1.29 is 22.7 Å². The lowest BCUT2D eigenvalue weighted by atomic mass is 10.1. The molecule has 2 aromatic carbocycles. The highest BCUT2D eigenvalue weighted by Gasteiger charge is 2.31. The highest BCUT2D eigenvalue weighted by Crippen LogP contribution is 2.23. The van der Waals surface area contributed by atoms with Crippen molar-refractivity contribution in [3.8, 4) is 5.75 Å². The molecule has 0 bridgehead atoms. The van der Waals surface area contributed by atoms with Crippen LogP contribution in [0.3, 0.4) is 0 Å². The van der Waals surface area contributed by atoms with Crippen molar-refractivity contribution in [1.82, 2.24) is 10.2 Å². The Morgan fingerprint density at radius 3 is 2.32 bits per heavy atom. The number of nitrogens with zero attached hydrogens (tertiary/aromatic N) is 2. The van der Waals surface area contributed by atoms with Crippen LogP contribution in [0.25, 0.3) is 0 Å². The van der Waals surface area contributed by atoms with Crippen LogP contribution in [0.4, 0.5) is 5.69 Å². The average molecular weight is 490 g/mol. The van der Waals surface area contributed by atoms with Crippen LogP contribution < -0.4 is 14.4 Å². The van der Waals surface area contributed by atoms with Crippen LogP contribution in [0, 0.1) is 13.8 Å². The fraction of sp³-hybridized carbons (Fsp3) is 0.440. The topological polar surface area (TPSA) is 96.0 Å². The third kappa shape index (κ3) is 6.96. The van der Waals surface area contributed by atoms with Gasteiger partial charge < -0.3 is 15.0 Å². The molecule has 0 aliphatic heterocycles. The number of anilines is 1. The van der Waals surface area contributed by atoms with Gasteiger partial charge in [0.25, 0.3) is 0 Å². The molecule has 186 valence electrons. The van der Waals surface area contributed by atoms with E-state index in [-0.39, 0.29) is 12.5 Å². The number of hydrogen-bond acceptors (Lipinski definition) is 5. The van der Waals surface area contributed by atoms with E-state index in [1.54, 1.807) is 31.4 Å². The molecule has 0 saturated carbocycles. The molecule has 0 aliphatic rings. The minimum Gasteiger partial charge on any atom is -0.497 e. The number of aryl methyl sites for hydroxylation is 2. The van der Waals surface area contributed by atoms with Crippen molar-refractivity contribution >= 4 is 27.5 Å². The maximum Gasteiger partial charge on any atom is 0.244 e. The van der Waals surface area contributed by atoms with Gasteiger partial charge in [-0.25, -0.2) is 8.42 Å². The van der Waals surface area contributed by atoms with Crippen LogP contribution in [0.2, 0.25) is 0 Å². The molecule has 0 aromatic heterocycles. The third-order valence-corrected chi connectivity index (χ3v) is 6.82. The highest BCUT2D eigenvalue weighted by molar-refractivity contribution is 7.92. The molecule has 0 aliphatic carbocycles. The molecule has 1 N–H and O–H groups in total. The van der Waals surface area contributed by atoms with Gasteiger partial charge in [0, 0.05) is 13.1 Å². The summed E-state index contributed by atoms with van der Waals surface area (Å²) in [4.78, 5) is 27.9. The molecule has 0 heterocycles. The van der Waals surface area contributed by atoms with Gasteiger partial charge >= 0.3 is 0 Å². The highest BCUT2D eigenvalue weighted by atomic mass is 32.2. The molecule has 0 spiro atoms. The summed E-state index contributed by atoms with van der Waals surface area (Å²) in [5.74, 6) is -0.119. The summed E-state index contributed by atoms with van der Waals surface area (Å²) < 4.78 is 31.7. The Morgan fingerprint density at radius 2 is 1.76 bits per heavy atom. The first-order valence-corrected chi connectivity index (χ1v) is 13.1. The first kappa shape index (κ1) is 27.2. The maximum absolute atomic E-state index is 13.6. The zero-order valence-electron chi connectivity index (χ0n) is 20.8. The minimum atomic E-state index is -3.76. The van der Waals surface area contributed by atoms with Gasteiger partial charge in [-0.05, 0) is 68.1 Å². The number of hydrogen-bond donors (Lipinski definition) is 1. The molecule has 1 unspecified atom stereocenters. The molecule has 34 heavy (non-hydrogen) atoms. The summed E-state index contributed by atoms with van der Waals surface area (Å²) in [5.41, 5.74) is 3.12. The van der Waals surface area contributed by atoms with Crippen molar-refractivity contribution in [3.05, 3.63) is 59.2 Å². The number of benzene rings is 2. The number of nitrogens with one attached hydrogen (secondary N) is 1. The zero-order chi connectivity index (χ0) is 25.5. The van der Waals surface area contributed by atoms with Crippen molar-refractivity contribution in [2.45, 2.75) is 46.7 Å². The van der Waals surface area contributed by atoms with E-state index in [0.29, 0.717) is 24.4 Å². The van der Waals surface area contributed by atoms with Crippen LogP contribution in [0.1, 0.15) is 37.0 Å². The van der Waals surface area contributed by atoms with Gasteiger partial charge in [0.15, 0.2) is 0 Å². The van der Waals surface area contributed by atoms with E-state index in [9.17, 15) is 18.0 Å². The van der Waals surface area contributed by atoms with Gasteiger partial charge in [0.2, 0.25) is 21.8 Å². The lowest BCUT2D eigenvalue weighted by molar-refractivity contribution is -0.140. The van der Waals surface area contributed by atoms with E-state index in [4.69, 9.17) is 4.74 Å². The number of likely N-dealkylation sites (N-methyl/N-ethyl adjacent to an activating group) is 1. The molecule has 9 heteroatoms. The van der Waals surface area contributed by atoms with Crippen molar-refractivity contribution in [3.63, 3.8) is 0 Å². The molecule has 2 aromatic rings. The summed E-state index contributed by atoms with van der Waals surface area (Å²) in [6, 6.07) is 11.7. The van der Waals surface area contributed by atoms with Gasteiger partial charge in [0.1, 0.15) is 18.3 Å². The van der Waals surface area contributed by atoms with Crippen molar-refractivity contribution in [1.29, 1.82) is 0 Å². The number of rotatable bonds is 11. The first-order chi connectivity index (χ1) is 16.0. The van der Waals surface area contributed by atoms with Gasteiger partial charge in [0.05, 0.1) is 19.1 Å². The molecule has 0 fully saturated rings. The monoisotopic (exact) mass is 489 g/mol. The molecule has 2 amide bonds. The molecule has 2 rings (SSSR count). The van der Waals surface area contributed by atoms with Crippen LogP contribution in [0.5, 0.6) is 5.75 Å². The molecule has 8 nitrogen and oxygen atoms in total. The Morgan fingerprint density at radius 1 is 1.06 bits per heavy atom.